The van der Waals surface area contributed by atoms with Crippen molar-refractivity contribution in [2.24, 2.45) is 0 Å². The molecule has 0 unspecified atom stereocenters. The van der Waals surface area contributed by atoms with Crippen LogP contribution in [0.4, 0.5) is 10.5 Å². The van der Waals surface area contributed by atoms with Crippen LogP contribution in [0.15, 0.2) is 70.5 Å². The standard InChI is InChI=1S/C25H22ClN3O5S/c1-14-9-15(2)11-19(10-14)35(33,34)23-20-12-17(26)5-8-21(20)29-22(23)24(30)27-13-16-3-6-18(7-4-16)28-25(31)32/h3-12,28-29H,13H2,1-2H3,(H,27,30)(H,31,32). The number of amides is 2. The summed E-state index contributed by atoms with van der Waals surface area (Å²) in [6.07, 6.45) is -1.18. The van der Waals surface area contributed by atoms with Gasteiger partial charge in [0, 0.05) is 28.2 Å². The second-order valence-corrected chi connectivity index (χ2v) is 10.5. The molecule has 35 heavy (non-hydrogen) atoms. The van der Waals surface area contributed by atoms with Crippen LogP contribution >= 0.6 is 11.6 Å². The molecule has 1 heterocycles. The highest BCUT2D eigenvalue weighted by molar-refractivity contribution is 7.91. The fourth-order valence-electron chi connectivity index (χ4n) is 3.88. The van der Waals surface area contributed by atoms with Crippen LogP contribution < -0.4 is 10.6 Å². The monoisotopic (exact) mass is 511 g/mol. The van der Waals surface area contributed by atoms with Crippen LogP contribution in [0.1, 0.15) is 27.2 Å². The highest BCUT2D eigenvalue weighted by Crippen LogP contribution is 2.34. The zero-order valence-electron chi connectivity index (χ0n) is 18.8. The largest absolute Gasteiger partial charge is 0.465 e. The maximum atomic E-state index is 13.8. The van der Waals surface area contributed by atoms with Gasteiger partial charge in [0.1, 0.15) is 10.6 Å². The number of benzene rings is 3. The van der Waals surface area contributed by atoms with E-state index >= 15 is 0 Å². The van der Waals surface area contributed by atoms with Crippen LogP contribution in [0, 0.1) is 13.8 Å². The number of sulfone groups is 1. The Morgan fingerprint density at radius 2 is 1.63 bits per heavy atom. The van der Waals surface area contributed by atoms with Gasteiger partial charge in [-0.25, -0.2) is 13.2 Å². The van der Waals surface area contributed by atoms with Gasteiger partial charge in [-0.05, 0) is 73.0 Å². The number of rotatable bonds is 6. The normalized spacial score (nSPS) is 11.4. The average molecular weight is 512 g/mol. The molecule has 10 heteroatoms. The first kappa shape index (κ1) is 24.3. The minimum atomic E-state index is -4.07. The second kappa shape index (κ2) is 9.44. The van der Waals surface area contributed by atoms with Crippen molar-refractivity contribution in [3.05, 3.63) is 88.1 Å². The zero-order valence-corrected chi connectivity index (χ0v) is 20.4. The molecular weight excluding hydrogens is 490 g/mol. The van der Waals surface area contributed by atoms with Gasteiger partial charge in [0.15, 0.2) is 0 Å². The van der Waals surface area contributed by atoms with Gasteiger partial charge < -0.3 is 15.4 Å². The smallest absolute Gasteiger partial charge is 0.409 e. The van der Waals surface area contributed by atoms with Crippen molar-refractivity contribution in [2.45, 2.75) is 30.2 Å². The number of carbonyl (C=O) groups excluding carboxylic acids is 1. The third-order valence-corrected chi connectivity index (χ3v) is 7.43. The van der Waals surface area contributed by atoms with Crippen molar-refractivity contribution >= 4 is 50.0 Å². The Bertz CT molecular complexity index is 1540. The summed E-state index contributed by atoms with van der Waals surface area (Å²) in [4.78, 5) is 26.8. The Morgan fingerprint density at radius 3 is 2.26 bits per heavy atom. The molecule has 0 saturated heterocycles. The topological polar surface area (TPSA) is 128 Å². The van der Waals surface area contributed by atoms with Crippen LogP contribution in [0.5, 0.6) is 0 Å². The van der Waals surface area contributed by atoms with E-state index < -0.39 is 21.8 Å². The third-order valence-electron chi connectivity index (χ3n) is 5.37. The molecule has 1 aromatic heterocycles. The first-order valence-corrected chi connectivity index (χ1v) is 12.4. The van der Waals surface area contributed by atoms with Gasteiger partial charge in [0.05, 0.1) is 4.90 Å². The molecule has 4 N–H and O–H groups in total. The predicted molar refractivity (Wildman–Crippen MR) is 134 cm³/mol. The molecule has 2 amide bonds. The molecule has 0 fully saturated rings. The Kier molecular flexibility index (Phi) is 6.56. The molecule has 0 aliphatic rings. The molecular formula is C25H22ClN3O5S. The van der Waals surface area contributed by atoms with E-state index in [-0.39, 0.29) is 22.0 Å². The van der Waals surface area contributed by atoms with Crippen LogP contribution in [0.25, 0.3) is 10.9 Å². The van der Waals surface area contributed by atoms with Crippen molar-refractivity contribution < 1.29 is 23.1 Å². The van der Waals surface area contributed by atoms with Gasteiger partial charge in [0.2, 0.25) is 9.84 Å². The number of H-pyrrole nitrogens is 1. The molecule has 0 aliphatic carbocycles. The van der Waals surface area contributed by atoms with E-state index in [0.29, 0.717) is 27.2 Å². The Hall–Kier alpha value is -3.82. The first-order valence-electron chi connectivity index (χ1n) is 10.6. The summed E-state index contributed by atoms with van der Waals surface area (Å²) in [7, 11) is -4.07. The lowest BCUT2D eigenvalue weighted by Gasteiger charge is -2.10. The lowest BCUT2D eigenvalue weighted by molar-refractivity contribution is 0.0943. The minimum Gasteiger partial charge on any atom is -0.465 e. The number of carbonyl (C=O) groups is 2. The van der Waals surface area contributed by atoms with Crippen molar-refractivity contribution in [1.82, 2.24) is 10.3 Å². The van der Waals surface area contributed by atoms with Gasteiger partial charge in [0.25, 0.3) is 5.91 Å². The maximum Gasteiger partial charge on any atom is 0.409 e. The number of nitrogens with one attached hydrogen (secondary N) is 3. The Labute approximate surface area is 206 Å². The highest BCUT2D eigenvalue weighted by Gasteiger charge is 2.30. The van der Waals surface area contributed by atoms with Crippen LogP contribution in [0.3, 0.4) is 0 Å². The van der Waals surface area contributed by atoms with E-state index in [4.69, 9.17) is 16.7 Å². The fraction of sp³-hybridized carbons (Fsp3) is 0.120. The summed E-state index contributed by atoms with van der Waals surface area (Å²) in [6.45, 7) is 3.72. The number of halogens is 1. The quantitative estimate of drug-likeness (QED) is 0.279. The van der Waals surface area contributed by atoms with Gasteiger partial charge in [-0.15, -0.1) is 0 Å². The van der Waals surface area contributed by atoms with Crippen molar-refractivity contribution in [1.29, 1.82) is 0 Å². The van der Waals surface area contributed by atoms with E-state index in [1.807, 2.05) is 19.9 Å². The van der Waals surface area contributed by atoms with Crippen molar-refractivity contribution in [3.63, 3.8) is 0 Å². The number of fused-ring (bicyclic) bond motifs is 1. The number of carboxylic acid groups (broad SMARTS) is 1. The molecule has 8 nitrogen and oxygen atoms in total. The van der Waals surface area contributed by atoms with Gasteiger partial charge in [-0.3, -0.25) is 10.1 Å². The highest BCUT2D eigenvalue weighted by atomic mass is 35.5. The van der Waals surface area contributed by atoms with Crippen molar-refractivity contribution in [2.75, 3.05) is 5.32 Å². The number of aryl methyl sites for hydroxylation is 2. The van der Waals surface area contributed by atoms with Crippen molar-refractivity contribution in [3.8, 4) is 0 Å². The zero-order chi connectivity index (χ0) is 25.3. The number of aromatic amines is 1. The summed E-state index contributed by atoms with van der Waals surface area (Å²) in [5, 5.41) is 14.4. The van der Waals surface area contributed by atoms with Gasteiger partial charge >= 0.3 is 6.09 Å². The fourth-order valence-corrected chi connectivity index (χ4v) is 5.85. The number of hydrogen-bond acceptors (Lipinski definition) is 4. The van der Waals surface area contributed by atoms with E-state index in [0.717, 1.165) is 11.1 Å². The van der Waals surface area contributed by atoms with Crippen LogP contribution in [-0.2, 0) is 16.4 Å². The lowest BCUT2D eigenvalue weighted by Crippen LogP contribution is -2.25. The molecule has 0 bridgehead atoms. The van der Waals surface area contributed by atoms with E-state index in [1.165, 1.54) is 6.07 Å². The molecule has 0 atom stereocenters. The van der Waals surface area contributed by atoms with E-state index in [1.54, 1.807) is 48.5 Å². The summed E-state index contributed by atoms with van der Waals surface area (Å²) in [5.74, 6) is -0.604. The molecule has 3 aromatic carbocycles. The molecule has 4 aromatic rings. The van der Waals surface area contributed by atoms with Crippen LogP contribution in [-0.4, -0.2) is 30.5 Å². The molecule has 0 saturated carbocycles. The molecule has 0 radical (unpaired) electrons. The Morgan fingerprint density at radius 1 is 0.971 bits per heavy atom. The first-order chi connectivity index (χ1) is 16.5. The average Bonchev–Trinajstić information content (AvgIpc) is 3.17. The molecule has 4 rings (SSSR count). The van der Waals surface area contributed by atoms with Gasteiger partial charge in [-0.2, -0.15) is 0 Å². The summed E-state index contributed by atoms with van der Waals surface area (Å²) >= 11 is 6.16. The second-order valence-electron chi connectivity index (χ2n) is 8.16. The number of aromatic nitrogens is 1. The van der Waals surface area contributed by atoms with E-state index in [9.17, 15) is 18.0 Å². The lowest BCUT2D eigenvalue weighted by atomic mass is 10.2. The predicted octanol–water partition coefficient (Wildman–Crippen LogP) is 5.29. The maximum absolute atomic E-state index is 13.8. The number of anilines is 1. The third kappa shape index (κ3) is 5.16. The van der Waals surface area contributed by atoms with Crippen LogP contribution in [0.2, 0.25) is 5.02 Å². The SMILES string of the molecule is Cc1cc(C)cc(S(=O)(=O)c2c(C(=O)NCc3ccc(NC(=O)O)cc3)[nH]c3ccc(Cl)cc23)c1. The Balaban J connectivity index is 1.72. The molecule has 180 valence electrons. The summed E-state index contributed by atoms with van der Waals surface area (Å²) < 4.78 is 27.5. The number of hydrogen-bond donors (Lipinski definition) is 4. The molecule has 0 spiro atoms. The molecule has 0 aliphatic heterocycles. The van der Waals surface area contributed by atoms with E-state index in [2.05, 4.69) is 15.6 Å². The van der Waals surface area contributed by atoms with Gasteiger partial charge in [-0.1, -0.05) is 29.8 Å². The summed E-state index contributed by atoms with van der Waals surface area (Å²) in [5.41, 5.74) is 3.04. The summed E-state index contributed by atoms with van der Waals surface area (Å²) in [6, 6.07) is 16.2. The minimum absolute atomic E-state index is 0.0893.